The molecule has 33 heavy (non-hydrogen) atoms. The zero-order chi connectivity index (χ0) is 23.3. The first-order chi connectivity index (χ1) is 15.9. The second-order valence-electron chi connectivity index (χ2n) is 10.6. The fourth-order valence-corrected chi connectivity index (χ4v) is 10.3. The first-order valence-corrected chi connectivity index (χ1v) is 14.7. The summed E-state index contributed by atoms with van der Waals surface area (Å²) in [6, 6.07) is 28.3. The molecule has 0 bridgehead atoms. The van der Waals surface area contributed by atoms with Crippen LogP contribution >= 0.6 is 11.6 Å². The largest absolute Gasteiger partial charge is 0.403 e. The monoisotopic (exact) mass is 476 g/mol. The molecule has 0 unspecified atom stereocenters. The zero-order valence-corrected chi connectivity index (χ0v) is 22.1. The number of hydrogen-bond acceptors (Lipinski definition) is 1. The Kier molecular flexibility index (Phi) is 7.78. The molecule has 1 aliphatic rings. The maximum Gasteiger partial charge on any atom is 0.261 e. The van der Waals surface area contributed by atoms with Crippen LogP contribution in [0.15, 0.2) is 78.9 Å². The maximum absolute atomic E-state index is 7.08. The van der Waals surface area contributed by atoms with Crippen molar-refractivity contribution in [2.45, 2.75) is 70.9 Å². The molecule has 0 atom stereocenters. The summed E-state index contributed by atoms with van der Waals surface area (Å²) in [4.78, 5) is 0. The van der Waals surface area contributed by atoms with Gasteiger partial charge in [0, 0.05) is 5.02 Å². The smallest absolute Gasteiger partial charge is 0.261 e. The molecular formula is C30H37ClOSi. The number of halogens is 1. The van der Waals surface area contributed by atoms with Gasteiger partial charge in [0.2, 0.25) is 0 Å². The molecule has 0 N–H and O–H groups in total. The second-order valence-corrected chi connectivity index (χ2v) is 15.3. The fourth-order valence-electron chi connectivity index (χ4n) is 5.51. The van der Waals surface area contributed by atoms with Crippen LogP contribution in [0.5, 0.6) is 0 Å². The van der Waals surface area contributed by atoms with Crippen LogP contribution in [-0.2, 0) is 17.5 Å². The SMILES string of the molecule is CC(C)(C)[Si](OCc1ccc(CC2CCCCC2)cc1Cl)(c1ccccc1)c1ccccc1. The van der Waals surface area contributed by atoms with E-state index in [9.17, 15) is 0 Å². The standard InChI is InChI=1S/C30H37ClOSi/c1-30(2,3)33(27-15-9-5-10-16-27,28-17-11-6-12-18-28)32-23-26-20-19-25(22-29(26)31)21-24-13-7-4-8-14-24/h5-6,9-12,15-20,22,24H,4,7-8,13-14,21,23H2,1-3H3. The average Bonchev–Trinajstić information content (AvgIpc) is 2.82. The van der Waals surface area contributed by atoms with Gasteiger partial charge in [-0.1, -0.05) is 137 Å². The molecule has 0 saturated heterocycles. The van der Waals surface area contributed by atoms with E-state index in [0.29, 0.717) is 6.61 Å². The summed E-state index contributed by atoms with van der Waals surface area (Å²) in [5, 5.41) is 3.40. The predicted molar refractivity (Wildman–Crippen MR) is 144 cm³/mol. The number of rotatable bonds is 7. The average molecular weight is 477 g/mol. The lowest BCUT2D eigenvalue weighted by atomic mass is 9.85. The molecule has 3 heteroatoms. The first kappa shape index (κ1) is 24.3. The van der Waals surface area contributed by atoms with Gasteiger partial charge in [0.1, 0.15) is 0 Å². The van der Waals surface area contributed by atoms with Gasteiger partial charge in [0.25, 0.3) is 8.32 Å². The summed E-state index contributed by atoms with van der Waals surface area (Å²) < 4.78 is 7.08. The Labute approximate surface area is 206 Å². The van der Waals surface area contributed by atoms with Crippen LogP contribution in [-0.4, -0.2) is 8.32 Å². The van der Waals surface area contributed by atoms with E-state index in [1.165, 1.54) is 48.0 Å². The molecule has 3 aromatic carbocycles. The van der Waals surface area contributed by atoms with E-state index in [4.69, 9.17) is 16.0 Å². The third kappa shape index (κ3) is 5.45. The van der Waals surface area contributed by atoms with Crippen LogP contribution in [0.1, 0.15) is 64.0 Å². The topological polar surface area (TPSA) is 9.23 Å². The summed E-state index contributed by atoms with van der Waals surface area (Å²) in [7, 11) is -2.56. The van der Waals surface area contributed by atoms with Crippen LogP contribution in [0.2, 0.25) is 10.1 Å². The van der Waals surface area contributed by atoms with Crippen molar-refractivity contribution in [2.24, 2.45) is 5.92 Å². The third-order valence-corrected chi connectivity index (χ3v) is 12.6. The van der Waals surface area contributed by atoms with E-state index in [-0.39, 0.29) is 5.04 Å². The molecule has 3 aromatic rings. The molecule has 0 radical (unpaired) electrons. The van der Waals surface area contributed by atoms with Crippen molar-refractivity contribution in [1.29, 1.82) is 0 Å². The van der Waals surface area contributed by atoms with Crippen molar-refractivity contribution in [3.05, 3.63) is 95.0 Å². The van der Waals surface area contributed by atoms with Crippen molar-refractivity contribution in [3.8, 4) is 0 Å². The van der Waals surface area contributed by atoms with Crippen molar-refractivity contribution in [1.82, 2.24) is 0 Å². The molecule has 0 amide bonds. The van der Waals surface area contributed by atoms with Gasteiger partial charge in [-0.25, -0.2) is 0 Å². The molecule has 174 valence electrons. The molecule has 4 rings (SSSR count). The number of hydrogen-bond donors (Lipinski definition) is 0. The minimum Gasteiger partial charge on any atom is -0.403 e. The lowest BCUT2D eigenvalue weighted by Crippen LogP contribution is -2.66. The first-order valence-electron chi connectivity index (χ1n) is 12.4. The Balaban J connectivity index is 1.62. The molecule has 1 nitrogen and oxygen atoms in total. The molecule has 1 aliphatic carbocycles. The zero-order valence-electron chi connectivity index (χ0n) is 20.3. The van der Waals surface area contributed by atoms with Gasteiger partial charge in [-0.2, -0.15) is 0 Å². The predicted octanol–water partition coefficient (Wildman–Crippen LogP) is 7.54. The summed E-state index contributed by atoms with van der Waals surface area (Å²) >= 11 is 6.82. The van der Waals surface area contributed by atoms with Gasteiger partial charge in [0.15, 0.2) is 0 Å². The minimum atomic E-state index is -2.56. The molecule has 1 saturated carbocycles. The Morgan fingerprint density at radius 1 is 0.818 bits per heavy atom. The van der Waals surface area contributed by atoms with Crippen LogP contribution in [0.3, 0.4) is 0 Å². The molecular weight excluding hydrogens is 440 g/mol. The van der Waals surface area contributed by atoms with Crippen molar-refractivity contribution in [2.75, 3.05) is 0 Å². The van der Waals surface area contributed by atoms with Crippen LogP contribution in [0.25, 0.3) is 0 Å². The van der Waals surface area contributed by atoms with E-state index >= 15 is 0 Å². The van der Waals surface area contributed by atoms with Crippen LogP contribution in [0.4, 0.5) is 0 Å². The highest BCUT2D eigenvalue weighted by Gasteiger charge is 2.50. The van der Waals surface area contributed by atoms with E-state index < -0.39 is 8.32 Å². The van der Waals surface area contributed by atoms with E-state index in [0.717, 1.165) is 22.9 Å². The molecule has 0 spiro atoms. The van der Waals surface area contributed by atoms with Gasteiger partial charge in [0.05, 0.1) is 6.61 Å². The second kappa shape index (κ2) is 10.6. The lowest BCUT2D eigenvalue weighted by Gasteiger charge is -2.43. The summed E-state index contributed by atoms with van der Waals surface area (Å²) in [6.07, 6.45) is 8.02. The Bertz CT molecular complexity index is 981. The van der Waals surface area contributed by atoms with Gasteiger partial charge >= 0.3 is 0 Å². The summed E-state index contributed by atoms with van der Waals surface area (Å²) in [5.41, 5.74) is 2.44. The highest BCUT2D eigenvalue weighted by Crippen LogP contribution is 2.38. The van der Waals surface area contributed by atoms with Crippen LogP contribution < -0.4 is 10.4 Å². The van der Waals surface area contributed by atoms with Gasteiger partial charge < -0.3 is 4.43 Å². The normalized spacial score (nSPS) is 15.5. The molecule has 0 heterocycles. The Hall–Kier alpha value is -1.87. The highest BCUT2D eigenvalue weighted by molar-refractivity contribution is 6.99. The van der Waals surface area contributed by atoms with Gasteiger partial charge in [-0.05, 0) is 44.9 Å². The highest BCUT2D eigenvalue weighted by atomic mass is 35.5. The minimum absolute atomic E-state index is 0.0386. The Morgan fingerprint density at radius 2 is 1.39 bits per heavy atom. The van der Waals surface area contributed by atoms with E-state index in [2.05, 4.69) is 99.6 Å². The van der Waals surface area contributed by atoms with Crippen molar-refractivity contribution >= 4 is 30.3 Å². The maximum atomic E-state index is 7.08. The summed E-state index contributed by atoms with van der Waals surface area (Å²) in [6.45, 7) is 7.46. The van der Waals surface area contributed by atoms with Crippen molar-refractivity contribution < 1.29 is 4.43 Å². The van der Waals surface area contributed by atoms with Gasteiger partial charge in [-0.15, -0.1) is 0 Å². The Morgan fingerprint density at radius 3 is 1.91 bits per heavy atom. The fraction of sp³-hybridized carbons (Fsp3) is 0.400. The quantitative estimate of drug-likeness (QED) is 0.320. The van der Waals surface area contributed by atoms with Crippen LogP contribution in [0, 0.1) is 5.92 Å². The lowest BCUT2D eigenvalue weighted by molar-refractivity contribution is 0.286. The molecule has 0 aliphatic heterocycles. The molecule has 0 aromatic heterocycles. The summed E-state index contributed by atoms with van der Waals surface area (Å²) in [5.74, 6) is 0.814. The van der Waals surface area contributed by atoms with Crippen molar-refractivity contribution in [3.63, 3.8) is 0 Å². The van der Waals surface area contributed by atoms with E-state index in [1.807, 2.05) is 0 Å². The number of benzene rings is 3. The van der Waals surface area contributed by atoms with E-state index in [1.54, 1.807) is 0 Å². The molecule has 1 fully saturated rings. The third-order valence-electron chi connectivity index (χ3n) is 7.23. The van der Waals surface area contributed by atoms with Gasteiger partial charge in [-0.3, -0.25) is 0 Å².